The molecule has 0 amide bonds. The number of nitrogens with one attached hydrogen (secondary N) is 1. The van der Waals surface area contributed by atoms with Gasteiger partial charge in [-0.1, -0.05) is 18.2 Å². The fraction of sp³-hybridized carbons (Fsp3) is 0.550. The van der Waals surface area contributed by atoms with Crippen LogP contribution in [0.15, 0.2) is 43.0 Å². The minimum Gasteiger partial charge on any atom is -0.391 e. The second kappa shape index (κ2) is 8.20. The number of aliphatic hydroxyl groups excluding tert-OH is 1. The summed E-state index contributed by atoms with van der Waals surface area (Å²) < 4.78 is 7.58. The maximum atomic E-state index is 10.5. The van der Waals surface area contributed by atoms with Gasteiger partial charge in [0.2, 0.25) is 0 Å². The van der Waals surface area contributed by atoms with Crippen molar-refractivity contribution in [3.8, 4) is 0 Å². The Kier molecular flexibility index (Phi) is 5.53. The molecule has 0 bridgehead atoms. The largest absolute Gasteiger partial charge is 0.391 e. The molecule has 2 N–H and O–H groups in total. The molecule has 2 aliphatic rings. The summed E-state index contributed by atoms with van der Waals surface area (Å²) in [5, 5.41) is 14.1. The first-order valence-corrected chi connectivity index (χ1v) is 9.57. The summed E-state index contributed by atoms with van der Waals surface area (Å²) in [5.74, 6) is 0.492. The molecule has 6 nitrogen and oxygen atoms in total. The van der Waals surface area contributed by atoms with Gasteiger partial charge in [0.15, 0.2) is 0 Å². The second-order valence-electron chi connectivity index (χ2n) is 7.38. The van der Waals surface area contributed by atoms with E-state index in [4.69, 9.17) is 4.74 Å². The number of hydrogen-bond donors (Lipinski definition) is 2. The van der Waals surface area contributed by atoms with Crippen LogP contribution in [0.2, 0.25) is 0 Å². The Bertz CT molecular complexity index is 685. The van der Waals surface area contributed by atoms with Crippen molar-refractivity contribution in [2.45, 2.75) is 38.1 Å². The number of rotatable bonds is 6. The molecule has 2 heterocycles. The summed E-state index contributed by atoms with van der Waals surface area (Å²) in [5.41, 5.74) is 2.57. The fourth-order valence-electron chi connectivity index (χ4n) is 4.19. The highest BCUT2D eigenvalue weighted by atomic mass is 16.5. The number of morpholine rings is 1. The molecule has 1 saturated heterocycles. The van der Waals surface area contributed by atoms with Gasteiger partial charge in [-0.25, -0.2) is 4.98 Å². The summed E-state index contributed by atoms with van der Waals surface area (Å²) in [4.78, 5) is 6.50. The molecule has 0 spiro atoms. The Balaban J connectivity index is 1.35. The van der Waals surface area contributed by atoms with E-state index in [1.807, 2.05) is 18.7 Å². The minimum atomic E-state index is -0.279. The number of para-hydroxylation sites is 1. The molecule has 1 aromatic carbocycles. The van der Waals surface area contributed by atoms with Gasteiger partial charge in [-0.15, -0.1) is 0 Å². The summed E-state index contributed by atoms with van der Waals surface area (Å²) >= 11 is 0. The Labute approximate surface area is 154 Å². The zero-order valence-corrected chi connectivity index (χ0v) is 15.1. The first kappa shape index (κ1) is 17.5. The van der Waals surface area contributed by atoms with E-state index in [1.165, 1.54) is 11.3 Å². The van der Waals surface area contributed by atoms with Crippen LogP contribution in [-0.2, 0) is 17.8 Å². The quantitative estimate of drug-likeness (QED) is 0.824. The highest BCUT2D eigenvalue weighted by Gasteiger charge is 2.32. The van der Waals surface area contributed by atoms with Crippen molar-refractivity contribution < 1.29 is 9.84 Å². The molecule has 1 aliphatic heterocycles. The lowest BCUT2D eigenvalue weighted by atomic mass is 10.1. The smallest absolute Gasteiger partial charge is 0.0945 e. The van der Waals surface area contributed by atoms with Gasteiger partial charge in [-0.3, -0.25) is 0 Å². The summed E-state index contributed by atoms with van der Waals surface area (Å²) in [7, 11) is 0. The van der Waals surface area contributed by atoms with Crippen LogP contribution in [0.4, 0.5) is 5.69 Å². The van der Waals surface area contributed by atoms with Crippen molar-refractivity contribution in [3.05, 3.63) is 48.5 Å². The Morgan fingerprint density at radius 3 is 2.85 bits per heavy atom. The van der Waals surface area contributed by atoms with Crippen LogP contribution < -0.4 is 10.2 Å². The molecule has 2 aromatic rings. The number of imidazole rings is 1. The third-order valence-electron chi connectivity index (χ3n) is 5.55. The van der Waals surface area contributed by atoms with Crippen LogP contribution in [-0.4, -0.2) is 53.1 Å². The predicted molar refractivity (Wildman–Crippen MR) is 101 cm³/mol. The number of nitrogens with zero attached hydrogens (tertiary/aromatic N) is 3. The second-order valence-corrected chi connectivity index (χ2v) is 7.38. The van der Waals surface area contributed by atoms with Crippen LogP contribution in [0.3, 0.4) is 0 Å². The third-order valence-corrected chi connectivity index (χ3v) is 5.55. The lowest BCUT2D eigenvalue weighted by molar-refractivity contribution is 0.122. The molecule has 1 saturated carbocycles. The molecular formula is C20H28N4O2. The number of anilines is 1. The standard InChI is InChI=1S/C20H28N4O2/c25-20-12-16(14-23-6-5-21-15-23)11-18(20)22-13-17-3-1-2-4-19(17)24-7-9-26-10-8-24/h1-6,15-16,18,20,22,25H,7-14H2/t16?,18-,20-/m1/s1. The van der Waals surface area contributed by atoms with E-state index in [2.05, 4.69) is 44.0 Å². The van der Waals surface area contributed by atoms with Crippen molar-refractivity contribution in [1.82, 2.24) is 14.9 Å². The van der Waals surface area contributed by atoms with Gasteiger partial charge in [0.05, 0.1) is 25.6 Å². The Morgan fingerprint density at radius 2 is 2.04 bits per heavy atom. The lowest BCUT2D eigenvalue weighted by Gasteiger charge is -2.31. The van der Waals surface area contributed by atoms with E-state index in [0.717, 1.165) is 52.2 Å². The van der Waals surface area contributed by atoms with Crippen molar-refractivity contribution in [1.29, 1.82) is 0 Å². The molecule has 1 unspecified atom stereocenters. The van der Waals surface area contributed by atoms with E-state index in [-0.39, 0.29) is 12.1 Å². The van der Waals surface area contributed by atoms with Crippen LogP contribution >= 0.6 is 0 Å². The zero-order valence-electron chi connectivity index (χ0n) is 15.1. The van der Waals surface area contributed by atoms with Crippen molar-refractivity contribution in [2.24, 2.45) is 5.92 Å². The molecule has 1 aromatic heterocycles. The van der Waals surface area contributed by atoms with Crippen molar-refractivity contribution >= 4 is 5.69 Å². The summed E-state index contributed by atoms with van der Waals surface area (Å²) in [6.07, 6.45) is 7.22. The number of hydrogen-bond acceptors (Lipinski definition) is 5. The normalized spacial score (nSPS) is 26.3. The van der Waals surface area contributed by atoms with E-state index < -0.39 is 0 Å². The SMILES string of the molecule is O[C@@H]1CC(Cn2ccnc2)C[C@H]1NCc1ccccc1N1CCOCC1. The average molecular weight is 356 g/mol. The fourth-order valence-corrected chi connectivity index (χ4v) is 4.19. The molecule has 140 valence electrons. The maximum Gasteiger partial charge on any atom is 0.0945 e. The number of ether oxygens (including phenoxy) is 1. The van der Waals surface area contributed by atoms with E-state index in [1.54, 1.807) is 0 Å². The van der Waals surface area contributed by atoms with Crippen LogP contribution in [0.25, 0.3) is 0 Å². The van der Waals surface area contributed by atoms with Crippen LogP contribution in [0, 0.1) is 5.92 Å². The average Bonchev–Trinajstić information content (AvgIpc) is 3.31. The van der Waals surface area contributed by atoms with Gasteiger partial charge < -0.3 is 24.6 Å². The molecule has 4 rings (SSSR count). The van der Waals surface area contributed by atoms with Crippen molar-refractivity contribution in [2.75, 3.05) is 31.2 Å². The maximum absolute atomic E-state index is 10.5. The molecule has 3 atom stereocenters. The highest BCUT2D eigenvalue weighted by Crippen LogP contribution is 2.28. The van der Waals surface area contributed by atoms with Gasteiger partial charge in [0.1, 0.15) is 0 Å². The minimum absolute atomic E-state index is 0.154. The van der Waals surface area contributed by atoms with Gasteiger partial charge in [-0.05, 0) is 30.4 Å². The van der Waals surface area contributed by atoms with E-state index in [9.17, 15) is 5.11 Å². The number of aromatic nitrogens is 2. The van der Waals surface area contributed by atoms with Gasteiger partial charge >= 0.3 is 0 Å². The first-order valence-electron chi connectivity index (χ1n) is 9.57. The van der Waals surface area contributed by atoms with Gasteiger partial charge in [-0.2, -0.15) is 0 Å². The lowest BCUT2D eigenvalue weighted by Crippen LogP contribution is -2.38. The van der Waals surface area contributed by atoms with Crippen LogP contribution in [0.1, 0.15) is 18.4 Å². The van der Waals surface area contributed by atoms with E-state index >= 15 is 0 Å². The zero-order chi connectivity index (χ0) is 17.8. The number of benzene rings is 1. The van der Waals surface area contributed by atoms with E-state index in [0.29, 0.717) is 5.92 Å². The summed E-state index contributed by atoms with van der Waals surface area (Å²) in [6.45, 7) is 5.18. The molecule has 0 radical (unpaired) electrons. The van der Waals surface area contributed by atoms with Gasteiger partial charge in [0.25, 0.3) is 0 Å². The first-order chi connectivity index (χ1) is 12.8. The molecular weight excluding hydrogens is 328 g/mol. The number of aliphatic hydroxyl groups is 1. The molecule has 6 heteroatoms. The third kappa shape index (κ3) is 4.09. The Morgan fingerprint density at radius 1 is 1.19 bits per heavy atom. The summed E-state index contributed by atoms with van der Waals surface area (Å²) in [6, 6.07) is 8.71. The topological polar surface area (TPSA) is 62.5 Å². The molecule has 1 aliphatic carbocycles. The Hall–Kier alpha value is -1.89. The molecule has 2 fully saturated rings. The van der Waals surface area contributed by atoms with Crippen LogP contribution in [0.5, 0.6) is 0 Å². The predicted octanol–water partition coefficient (Wildman–Crippen LogP) is 1.65. The monoisotopic (exact) mass is 356 g/mol. The highest BCUT2D eigenvalue weighted by molar-refractivity contribution is 5.53. The molecule has 26 heavy (non-hydrogen) atoms. The van der Waals surface area contributed by atoms with Gasteiger partial charge in [0, 0.05) is 50.3 Å². The van der Waals surface area contributed by atoms with Crippen molar-refractivity contribution in [3.63, 3.8) is 0 Å².